The monoisotopic (exact) mass is 269 g/mol. The zero-order valence-electron chi connectivity index (χ0n) is 10.7. The number of H-pyrrole nitrogens is 1. The van der Waals surface area contributed by atoms with Crippen LogP contribution in [0.1, 0.15) is 17.4 Å². The van der Waals surface area contributed by atoms with E-state index in [9.17, 15) is 4.79 Å². The van der Waals surface area contributed by atoms with Gasteiger partial charge in [-0.25, -0.2) is 0 Å². The van der Waals surface area contributed by atoms with Gasteiger partial charge in [-0.15, -0.1) is 0 Å². The Morgan fingerprint density at radius 1 is 1.20 bits per heavy atom. The molecule has 0 atom stereocenters. The highest BCUT2D eigenvalue weighted by molar-refractivity contribution is 5.94. The molecule has 1 aromatic carbocycles. The number of hydrogen-bond donors (Lipinski definition) is 1. The van der Waals surface area contributed by atoms with Crippen molar-refractivity contribution < 1.29 is 13.9 Å². The van der Waals surface area contributed by atoms with Crippen molar-refractivity contribution in [2.75, 3.05) is 0 Å². The fourth-order valence-corrected chi connectivity index (χ4v) is 1.77. The Bertz CT molecular complexity index is 714. The van der Waals surface area contributed by atoms with Gasteiger partial charge >= 0.3 is 0 Å². The lowest BCUT2D eigenvalue weighted by atomic mass is 10.1. The highest BCUT2D eigenvalue weighted by Crippen LogP contribution is 2.26. The van der Waals surface area contributed by atoms with Crippen LogP contribution in [0.2, 0.25) is 0 Å². The first kappa shape index (κ1) is 12.2. The van der Waals surface area contributed by atoms with Crippen molar-refractivity contribution in [1.82, 2.24) is 15.4 Å². The van der Waals surface area contributed by atoms with Gasteiger partial charge in [0.15, 0.2) is 11.5 Å². The molecule has 0 radical (unpaired) electrons. The Morgan fingerprint density at radius 3 is 2.65 bits per heavy atom. The summed E-state index contributed by atoms with van der Waals surface area (Å²) in [4.78, 5) is 11.3. The van der Waals surface area contributed by atoms with Gasteiger partial charge in [-0.3, -0.25) is 9.89 Å². The maximum absolute atomic E-state index is 11.3. The minimum absolute atomic E-state index is 0.175. The Labute approximate surface area is 114 Å². The molecule has 0 spiro atoms. The van der Waals surface area contributed by atoms with E-state index in [4.69, 9.17) is 9.15 Å². The average molecular weight is 269 g/mol. The van der Waals surface area contributed by atoms with Crippen molar-refractivity contribution in [1.29, 1.82) is 0 Å². The molecule has 6 nitrogen and oxygen atoms in total. The number of rotatable bonds is 4. The van der Waals surface area contributed by atoms with E-state index < -0.39 is 0 Å². The number of aromatic amines is 1. The predicted molar refractivity (Wildman–Crippen MR) is 70.6 cm³/mol. The lowest BCUT2D eigenvalue weighted by Crippen LogP contribution is -1.96. The van der Waals surface area contributed by atoms with Crippen molar-refractivity contribution in [3.8, 4) is 22.8 Å². The molecule has 1 N–H and O–H groups in total. The molecule has 2 aromatic heterocycles. The highest BCUT2D eigenvalue weighted by Gasteiger charge is 2.13. The second kappa shape index (κ2) is 5.00. The molecule has 0 unspecified atom stereocenters. The number of benzene rings is 1. The van der Waals surface area contributed by atoms with Crippen molar-refractivity contribution in [2.45, 2.75) is 6.92 Å². The van der Waals surface area contributed by atoms with Crippen LogP contribution in [0.15, 0.2) is 47.3 Å². The predicted octanol–water partition coefficient (Wildman–Crippen LogP) is 3.06. The third-order valence-electron chi connectivity index (χ3n) is 2.79. The van der Waals surface area contributed by atoms with Gasteiger partial charge in [0.05, 0.1) is 12.5 Å². The van der Waals surface area contributed by atoms with E-state index in [2.05, 4.69) is 15.4 Å². The second-order valence-electron chi connectivity index (χ2n) is 4.19. The van der Waals surface area contributed by atoms with E-state index >= 15 is 0 Å². The van der Waals surface area contributed by atoms with Gasteiger partial charge in [0, 0.05) is 12.5 Å². The van der Waals surface area contributed by atoms with Crippen molar-refractivity contribution in [3.63, 3.8) is 0 Å². The first-order valence-corrected chi connectivity index (χ1v) is 5.96. The van der Waals surface area contributed by atoms with Crippen LogP contribution in [-0.2, 0) is 0 Å². The summed E-state index contributed by atoms with van der Waals surface area (Å²) in [7, 11) is 0. The Morgan fingerprint density at radius 2 is 2.00 bits per heavy atom. The Balaban J connectivity index is 1.82. The number of aromatic nitrogens is 3. The summed E-state index contributed by atoms with van der Waals surface area (Å²) in [5.74, 6) is 0.572. The van der Waals surface area contributed by atoms with Gasteiger partial charge in [-0.1, -0.05) is 22.4 Å². The molecular formula is C14H11N3O3. The van der Waals surface area contributed by atoms with Crippen LogP contribution in [0.3, 0.4) is 0 Å². The molecule has 0 aliphatic carbocycles. The fourth-order valence-electron chi connectivity index (χ4n) is 1.77. The van der Waals surface area contributed by atoms with E-state index in [0.717, 1.165) is 11.1 Å². The highest BCUT2D eigenvalue weighted by atomic mass is 16.5. The topological polar surface area (TPSA) is 81.0 Å². The number of nitrogens with one attached hydrogen (secondary N) is 1. The Kier molecular flexibility index (Phi) is 3.04. The fraction of sp³-hybridized carbons (Fsp3) is 0.0714. The molecule has 0 saturated carbocycles. The maximum atomic E-state index is 11.3. The Hall–Kier alpha value is -2.89. The van der Waals surface area contributed by atoms with Crippen LogP contribution in [0.4, 0.5) is 0 Å². The minimum Gasteiger partial charge on any atom is -0.472 e. The van der Waals surface area contributed by atoms with E-state index in [1.807, 2.05) is 18.2 Å². The molecule has 6 heteroatoms. The minimum atomic E-state index is -0.181. The summed E-state index contributed by atoms with van der Waals surface area (Å²) in [6.07, 6.45) is 3.29. The quantitative estimate of drug-likeness (QED) is 0.736. The summed E-state index contributed by atoms with van der Waals surface area (Å²) in [6.45, 7) is 1.42. The summed E-state index contributed by atoms with van der Waals surface area (Å²) in [5, 5.41) is 9.82. The summed E-state index contributed by atoms with van der Waals surface area (Å²) in [6, 6.07) is 9.25. The maximum Gasteiger partial charge on any atom is 0.269 e. The van der Waals surface area contributed by atoms with Crippen LogP contribution in [0.5, 0.6) is 11.6 Å². The van der Waals surface area contributed by atoms with Gasteiger partial charge in [0.2, 0.25) is 0 Å². The first-order chi connectivity index (χ1) is 9.74. The number of carbonyl (C=O) groups is 1. The molecule has 0 saturated heterocycles. The zero-order valence-corrected chi connectivity index (χ0v) is 10.7. The summed E-state index contributed by atoms with van der Waals surface area (Å²) >= 11 is 0. The number of ether oxygens (including phenoxy) is 1. The van der Waals surface area contributed by atoms with Gasteiger partial charge in [-0.2, -0.15) is 0 Å². The van der Waals surface area contributed by atoms with Crippen LogP contribution in [-0.4, -0.2) is 21.2 Å². The van der Waals surface area contributed by atoms with Gasteiger partial charge in [0.1, 0.15) is 5.75 Å². The molecule has 0 aliphatic rings. The molecule has 0 amide bonds. The normalized spacial score (nSPS) is 10.4. The van der Waals surface area contributed by atoms with E-state index in [0.29, 0.717) is 5.75 Å². The van der Waals surface area contributed by atoms with Crippen molar-refractivity contribution in [2.24, 2.45) is 0 Å². The zero-order chi connectivity index (χ0) is 13.9. The molecular weight excluding hydrogens is 258 g/mol. The second-order valence-corrected chi connectivity index (χ2v) is 4.19. The van der Waals surface area contributed by atoms with E-state index in [-0.39, 0.29) is 17.4 Å². The number of furan rings is 1. The van der Waals surface area contributed by atoms with E-state index in [1.165, 1.54) is 6.92 Å². The average Bonchev–Trinajstić information content (AvgIpc) is 3.10. The number of Topliss-reactive ketones (excluding diaryl/α,β-unsaturated/α-hetero) is 1. The summed E-state index contributed by atoms with van der Waals surface area (Å²) in [5.41, 5.74) is 2.25. The van der Waals surface area contributed by atoms with Gasteiger partial charge in [-0.05, 0) is 23.8 Å². The van der Waals surface area contributed by atoms with Gasteiger partial charge in [0.25, 0.3) is 5.88 Å². The van der Waals surface area contributed by atoms with Crippen LogP contribution < -0.4 is 4.74 Å². The number of nitrogens with zero attached hydrogens (tertiary/aromatic N) is 2. The molecule has 2 heterocycles. The standard InChI is InChI=1S/C14H11N3O3/c1-9(18)13-14(16-17-15-13)20-12-4-2-10(3-5-12)11-6-7-19-8-11/h2-8H,1H3,(H,15,16,17). The first-order valence-electron chi connectivity index (χ1n) is 5.96. The van der Waals surface area contributed by atoms with Crippen LogP contribution in [0.25, 0.3) is 11.1 Å². The number of ketones is 1. The van der Waals surface area contributed by atoms with Crippen LogP contribution in [0, 0.1) is 0 Å². The lowest BCUT2D eigenvalue weighted by molar-refractivity contribution is 0.101. The molecule has 0 fully saturated rings. The van der Waals surface area contributed by atoms with E-state index in [1.54, 1.807) is 24.7 Å². The largest absolute Gasteiger partial charge is 0.472 e. The third-order valence-corrected chi connectivity index (χ3v) is 2.79. The van der Waals surface area contributed by atoms with Gasteiger partial charge < -0.3 is 9.15 Å². The summed E-state index contributed by atoms with van der Waals surface area (Å²) < 4.78 is 10.6. The lowest BCUT2D eigenvalue weighted by Gasteiger charge is -2.04. The molecule has 20 heavy (non-hydrogen) atoms. The third kappa shape index (κ3) is 2.31. The molecule has 0 aliphatic heterocycles. The van der Waals surface area contributed by atoms with Crippen molar-refractivity contribution in [3.05, 3.63) is 48.6 Å². The number of carbonyl (C=O) groups excluding carboxylic acids is 1. The molecule has 0 bridgehead atoms. The van der Waals surface area contributed by atoms with Crippen LogP contribution >= 0.6 is 0 Å². The number of hydrogen-bond acceptors (Lipinski definition) is 5. The van der Waals surface area contributed by atoms with Crippen molar-refractivity contribution >= 4 is 5.78 Å². The molecule has 100 valence electrons. The SMILES string of the molecule is CC(=O)c1[nH]nnc1Oc1ccc(-c2ccoc2)cc1. The molecule has 3 rings (SSSR count). The molecule has 3 aromatic rings. The smallest absolute Gasteiger partial charge is 0.269 e.